The highest BCUT2D eigenvalue weighted by atomic mass is 35.5. The maximum absolute atomic E-state index is 12.9. The number of anilines is 1. The number of hydrogen-bond acceptors (Lipinski definition) is 2. The second-order valence-electron chi connectivity index (χ2n) is 4.03. The Kier molecular flexibility index (Phi) is 3.23. The Morgan fingerprint density at radius 2 is 2.12 bits per heavy atom. The lowest BCUT2D eigenvalue weighted by molar-refractivity contribution is -0.138. The summed E-state index contributed by atoms with van der Waals surface area (Å²) in [5, 5.41) is 3.23. The summed E-state index contributed by atoms with van der Waals surface area (Å²) in [6.45, 7) is 0.786. The molecule has 0 spiro atoms. The fraction of sp³-hybridized carbons (Fsp3) is 0.455. The third-order valence-electron chi connectivity index (χ3n) is 2.99. The van der Waals surface area contributed by atoms with Crippen molar-refractivity contribution in [3.8, 4) is 0 Å². The average Bonchev–Trinajstić information content (AvgIpc) is 2.27. The molecule has 0 aromatic heterocycles. The number of fused-ring (bicyclic) bond motifs is 1. The molecule has 1 aliphatic heterocycles. The molecule has 2 nitrogen and oxygen atoms in total. The van der Waals surface area contributed by atoms with Crippen LogP contribution in [-0.2, 0) is 6.18 Å². The van der Waals surface area contributed by atoms with Crippen molar-refractivity contribution in [3.63, 3.8) is 0 Å². The van der Waals surface area contributed by atoms with Crippen molar-refractivity contribution in [1.29, 1.82) is 0 Å². The highest BCUT2D eigenvalue weighted by molar-refractivity contribution is 6.33. The molecule has 6 heteroatoms. The van der Waals surface area contributed by atoms with Gasteiger partial charge in [0.1, 0.15) is 0 Å². The van der Waals surface area contributed by atoms with E-state index in [1.165, 1.54) is 6.07 Å². The van der Waals surface area contributed by atoms with Crippen LogP contribution in [-0.4, -0.2) is 13.1 Å². The van der Waals surface area contributed by atoms with E-state index in [4.69, 9.17) is 17.3 Å². The molecule has 1 unspecified atom stereocenters. The predicted octanol–water partition coefficient (Wildman–Crippen LogP) is 3.22. The van der Waals surface area contributed by atoms with E-state index in [0.717, 1.165) is 6.07 Å². The molecule has 2 rings (SSSR count). The zero-order chi connectivity index (χ0) is 12.6. The lowest BCUT2D eigenvalue weighted by Gasteiger charge is -2.29. The molecule has 1 atom stereocenters. The van der Waals surface area contributed by atoms with Gasteiger partial charge in [-0.15, -0.1) is 0 Å². The van der Waals surface area contributed by atoms with Crippen molar-refractivity contribution in [2.24, 2.45) is 5.73 Å². The largest absolute Gasteiger partial charge is 0.416 e. The molecular weight excluding hydrogens is 253 g/mol. The van der Waals surface area contributed by atoms with Gasteiger partial charge in [-0.1, -0.05) is 11.6 Å². The molecule has 0 amide bonds. The Morgan fingerprint density at radius 1 is 1.41 bits per heavy atom. The standard InChI is InChI=1S/C11H12ClF3N2/c12-8-2-1-7(11(13,14)15)9-6(5-16)3-4-17-10(8)9/h1-2,6,17H,3-5,16H2. The number of benzene rings is 1. The van der Waals surface area contributed by atoms with E-state index >= 15 is 0 Å². The summed E-state index contributed by atoms with van der Waals surface area (Å²) in [7, 11) is 0. The van der Waals surface area contributed by atoms with Crippen LogP contribution in [0.1, 0.15) is 23.5 Å². The van der Waals surface area contributed by atoms with Crippen LogP contribution in [0.2, 0.25) is 5.02 Å². The quantitative estimate of drug-likeness (QED) is 0.817. The Morgan fingerprint density at radius 3 is 2.71 bits per heavy atom. The van der Waals surface area contributed by atoms with Gasteiger partial charge in [-0.3, -0.25) is 0 Å². The minimum absolute atomic E-state index is 0.193. The van der Waals surface area contributed by atoms with E-state index in [0.29, 0.717) is 23.7 Å². The average molecular weight is 265 g/mol. The molecule has 0 saturated heterocycles. The van der Waals surface area contributed by atoms with Gasteiger partial charge >= 0.3 is 6.18 Å². The Balaban J connectivity index is 2.63. The van der Waals surface area contributed by atoms with E-state index in [2.05, 4.69) is 5.32 Å². The number of nitrogens with two attached hydrogens (primary N) is 1. The van der Waals surface area contributed by atoms with Crippen LogP contribution in [0.4, 0.5) is 18.9 Å². The van der Waals surface area contributed by atoms with Gasteiger partial charge in [0.25, 0.3) is 0 Å². The third-order valence-corrected chi connectivity index (χ3v) is 3.30. The van der Waals surface area contributed by atoms with Crippen molar-refractivity contribution in [2.75, 3.05) is 18.4 Å². The topological polar surface area (TPSA) is 38.0 Å². The number of alkyl halides is 3. The maximum atomic E-state index is 12.9. The van der Waals surface area contributed by atoms with Crippen molar-refractivity contribution in [1.82, 2.24) is 0 Å². The van der Waals surface area contributed by atoms with Gasteiger partial charge in [0.2, 0.25) is 0 Å². The number of nitrogens with one attached hydrogen (secondary N) is 1. The second kappa shape index (κ2) is 4.38. The third kappa shape index (κ3) is 2.21. The first-order valence-electron chi connectivity index (χ1n) is 5.28. The molecule has 0 bridgehead atoms. The van der Waals surface area contributed by atoms with Crippen LogP contribution in [0.25, 0.3) is 0 Å². The summed E-state index contributed by atoms with van der Waals surface area (Å²) >= 11 is 5.92. The van der Waals surface area contributed by atoms with Crippen LogP contribution >= 0.6 is 11.6 Å². The summed E-state index contributed by atoms with van der Waals surface area (Å²) in [5.41, 5.74) is 5.49. The number of hydrogen-bond donors (Lipinski definition) is 2. The van der Waals surface area contributed by atoms with E-state index in [-0.39, 0.29) is 18.0 Å². The highest BCUT2D eigenvalue weighted by Crippen LogP contribution is 2.44. The number of halogens is 4. The summed E-state index contributed by atoms with van der Waals surface area (Å²) in [6.07, 6.45) is -3.78. The molecule has 0 fully saturated rings. The minimum atomic E-state index is -4.37. The van der Waals surface area contributed by atoms with Crippen molar-refractivity contribution in [3.05, 3.63) is 28.3 Å². The molecule has 0 aliphatic carbocycles. The Bertz CT molecular complexity index is 431. The Labute approximate surface area is 102 Å². The molecule has 1 aromatic carbocycles. The molecule has 1 heterocycles. The highest BCUT2D eigenvalue weighted by Gasteiger charge is 2.37. The van der Waals surface area contributed by atoms with Crippen LogP contribution in [0.5, 0.6) is 0 Å². The van der Waals surface area contributed by atoms with E-state index in [9.17, 15) is 13.2 Å². The molecule has 17 heavy (non-hydrogen) atoms. The van der Waals surface area contributed by atoms with Gasteiger partial charge in [-0.05, 0) is 30.7 Å². The zero-order valence-corrected chi connectivity index (χ0v) is 9.70. The van der Waals surface area contributed by atoms with Gasteiger partial charge in [-0.25, -0.2) is 0 Å². The first-order chi connectivity index (χ1) is 7.95. The lowest BCUT2D eigenvalue weighted by atomic mass is 9.87. The van der Waals surface area contributed by atoms with Crippen molar-refractivity contribution < 1.29 is 13.2 Å². The molecular formula is C11H12ClF3N2. The van der Waals surface area contributed by atoms with E-state index < -0.39 is 11.7 Å². The molecule has 1 aromatic rings. The molecule has 1 aliphatic rings. The van der Waals surface area contributed by atoms with Crippen LogP contribution in [0.15, 0.2) is 12.1 Å². The SMILES string of the molecule is NCC1CCNc2c(Cl)ccc(C(F)(F)F)c21. The van der Waals surface area contributed by atoms with Gasteiger partial charge < -0.3 is 11.1 Å². The summed E-state index contributed by atoms with van der Waals surface area (Å²) < 4.78 is 38.7. The fourth-order valence-electron chi connectivity index (χ4n) is 2.20. The second-order valence-corrected chi connectivity index (χ2v) is 4.44. The van der Waals surface area contributed by atoms with E-state index in [1.54, 1.807) is 0 Å². The van der Waals surface area contributed by atoms with Gasteiger partial charge in [0.05, 0.1) is 16.3 Å². The maximum Gasteiger partial charge on any atom is 0.416 e. The van der Waals surface area contributed by atoms with E-state index in [1.807, 2.05) is 0 Å². The molecule has 0 saturated carbocycles. The summed E-state index contributed by atoms with van der Waals surface area (Å²) in [5.74, 6) is -0.290. The fourth-order valence-corrected chi connectivity index (χ4v) is 2.43. The predicted molar refractivity (Wildman–Crippen MR) is 61.4 cm³/mol. The van der Waals surface area contributed by atoms with Gasteiger partial charge in [0, 0.05) is 12.5 Å². The van der Waals surface area contributed by atoms with Gasteiger partial charge in [0.15, 0.2) is 0 Å². The minimum Gasteiger partial charge on any atom is -0.384 e. The smallest absolute Gasteiger partial charge is 0.384 e. The summed E-state index contributed by atoms with van der Waals surface area (Å²) in [4.78, 5) is 0. The normalized spacial score (nSPS) is 19.7. The zero-order valence-electron chi connectivity index (χ0n) is 8.94. The molecule has 94 valence electrons. The number of rotatable bonds is 1. The molecule has 0 radical (unpaired) electrons. The summed E-state index contributed by atoms with van der Waals surface area (Å²) in [6, 6.07) is 2.30. The van der Waals surface area contributed by atoms with Gasteiger partial charge in [-0.2, -0.15) is 13.2 Å². The first-order valence-corrected chi connectivity index (χ1v) is 5.66. The monoisotopic (exact) mass is 264 g/mol. The van der Waals surface area contributed by atoms with Crippen LogP contribution in [0, 0.1) is 0 Å². The van der Waals surface area contributed by atoms with Crippen molar-refractivity contribution >= 4 is 17.3 Å². The lowest BCUT2D eigenvalue weighted by Crippen LogP contribution is -2.26. The first kappa shape index (κ1) is 12.5. The van der Waals surface area contributed by atoms with Crippen LogP contribution < -0.4 is 11.1 Å². The molecule has 3 N–H and O–H groups in total. The van der Waals surface area contributed by atoms with Crippen LogP contribution in [0.3, 0.4) is 0 Å². The van der Waals surface area contributed by atoms with Crippen molar-refractivity contribution in [2.45, 2.75) is 18.5 Å². The Hall–Kier alpha value is -0.940.